The number of benzene rings is 1. The quantitative estimate of drug-likeness (QED) is 0.722. The summed E-state index contributed by atoms with van der Waals surface area (Å²) in [6, 6.07) is 8.97. The highest BCUT2D eigenvalue weighted by Crippen LogP contribution is 2.17. The smallest absolute Gasteiger partial charge is 0.0626 e. The summed E-state index contributed by atoms with van der Waals surface area (Å²) in [5, 5.41) is 14.7. The van der Waals surface area contributed by atoms with E-state index in [4.69, 9.17) is 0 Å². The molecule has 3 aromatic rings. The van der Waals surface area contributed by atoms with Crippen LogP contribution in [0, 0.1) is 27.7 Å². The van der Waals surface area contributed by atoms with Crippen LogP contribution in [0.1, 0.15) is 45.0 Å². The summed E-state index contributed by atoms with van der Waals surface area (Å²) in [5.41, 5.74) is 10.1. The van der Waals surface area contributed by atoms with Crippen molar-refractivity contribution in [3.8, 4) is 0 Å². The molecule has 0 aliphatic carbocycles. The minimum Gasteiger partial charge on any atom is -0.282 e. The fourth-order valence-electron chi connectivity index (χ4n) is 3.36. The summed E-state index contributed by atoms with van der Waals surface area (Å²) in [6.45, 7) is 8.35. The maximum absolute atomic E-state index is 4.29. The van der Waals surface area contributed by atoms with E-state index >= 15 is 0 Å². The zero-order valence-corrected chi connectivity index (χ0v) is 15.0. The van der Waals surface area contributed by atoms with Crippen molar-refractivity contribution in [3.05, 3.63) is 69.3 Å². The molecule has 2 N–H and O–H groups in total. The summed E-state index contributed by atoms with van der Waals surface area (Å²) < 4.78 is 0. The number of nitrogens with one attached hydrogen (secondary N) is 2. The van der Waals surface area contributed by atoms with E-state index in [0.717, 1.165) is 37.1 Å². The molecular weight excluding hydrogens is 296 g/mol. The molecular formula is C20H26N4. The Kier molecular flexibility index (Phi) is 4.84. The Labute approximate surface area is 143 Å². The molecule has 0 unspecified atom stereocenters. The predicted molar refractivity (Wildman–Crippen MR) is 97.4 cm³/mol. The molecule has 126 valence electrons. The maximum atomic E-state index is 4.29. The first kappa shape index (κ1) is 16.5. The fourth-order valence-corrected chi connectivity index (χ4v) is 3.36. The highest BCUT2D eigenvalue weighted by atomic mass is 15.1. The third-order valence-corrected chi connectivity index (χ3v) is 4.88. The van der Waals surface area contributed by atoms with Crippen molar-refractivity contribution >= 4 is 0 Å². The normalized spacial score (nSPS) is 11.2. The molecule has 4 heteroatoms. The Hall–Kier alpha value is -2.36. The predicted octanol–water partition coefficient (Wildman–Crippen LogP) is 3.94. The van der Waals surface area contributed by atoms with E-state index in [9.17, 15) is 0 Å². The molecule has 0 bridgehead atoms. The largest absolute Gasteiger partial charge is 0.282 e. The van der Waals surface area contributed by atoms with Gasteiger partial charge in [0.05, 0.1) is 11.4 Å². The van der Waals surface area contributed by atoms with Crippen molar-refractivity contribution in [2.24, 2.45) is 0 Å². The molecule has 0 aliphatic rings. The van der Waals surface area contributed by atoms with E-state index in [-0.39, 0.29) is 0 Å². The molecule has 2 heterocycles. The minimum atomic E-state index is 1.04. The lowest BCUT2D eigenvalue weighted by Crippen LogP contribution is -1.97. The summed E-state index contributed by atoms with van der Waals surface area (Å²) in [4.78, 5) is 0. The Morgan fingerprint density at radius 3 is 1.54 bits per heavy atom. The number of H-pyrrole nitrogens is 2. The molecule has 0 saturated carbocycles. The SMILES string of the molecule is Cc1n[nH]c(C)c1CCc1cccc(CCc2c(C)n[nH]c2C)c1. The summed E-state index contributed by atoms with van der Waals surface area (Å²) in [5.74, 6) is 0. The number of hydrogen-bond acceptors (Lipinski definition) is 2. The standard InChI is InChI=1S/C20H26N4/c1-13-19(14(2)22-21-13)10-8-17-6-5-7-18(12-17)9-11-20-15(3)23-24-16(20)4/h5-7,12H,8-11H2,1-4H3,(H,21,22)(H,23,24). The van der Waals surface area contributed by atoms with Gasteiger partial charge in [-0.25, -0.2) is 0 Å². The summed E-state index contributed by atoms with van der Waals surface area (Å²) in [7, 11) is 0. The van der Waals surface area contributed by atoms with E-state index in [1.807, 2.05) is 0 Å². The lowest BCUT2D eigenvalue weighted by atomic mass is 9.98. The average molecular weight is 322 g/mol. The Balaban J connectivity index is 1.64. The summed E-state index contributed by atoms with van der Waals surface area (Å²) >= 11 is 0. The lowest BCUT2D eigenvalue weighted by Gasteiger charge is -2.07. The first-order valence-electron chi connectivity index (χ1n) is 8.63. The molecule has 4 nitrogen and oxygen atoms in total. The molecule has 0 amide bonds. The van der Waals surface area contributed by atoms with E-state index in [1.54, 1.807) is 0 Å². The monoisotopic (exact) mass is 322 g/mol. The molecule has 24 heavy (non-hydrogen) atoms. The molecule has 0 radical (unpaired) electrons. The number of aromatic amines is 2. The number of nitrogens with zero attached hydrogens (tertiary/aromatic N) is 2. The fraction of sp³-hybridized carbons (Fsp3) is 0.400. The highest BCUT2D eigenvalue weighted by Gasteiger charge is 2.08. The van der Waals surface area contributed by atoms with Crippen LogP contribution in [-0.4, -0.2) is 20.4 Å². The van der Waals surface area contributed by atoms with Crippen molar-refractivity contribution in [1.82, 2.24) is 20.4 Å². The van der Waals surface area contributed by atoms with E-state index in [0.29, 0.717) is 0 Å². The van der Waals surface area contributed by atoms with E-state index in [2.05, 4.69) is 72.4 Å². The third kappa shape index (κ3) is 3.58. The topological polar surface area (TPSA) is 57.4 Å². The third-order valence-electron chi connectivity index (χ3n) is 4.88. The second kappa shape index (κ2) is 7.04. The van der Waals surface area contributed by atoms with Crippen LogP contribution in [0.4, 0.5) is 0 Å². The first-order chi connectivity index (χ1) is 11.5. The van der Waals surface area contributed by atoms with Gasteiger partial charge in [0, 0.05) is 11.4 Å². The van der Waals surface area contributed by atoms with Crippen LogP contribution in [0.25, 0.3) is 0 Å². The van der Waals surface area contributed by atoms with Crippen molar-refractivity contribution in [2.75, 3.05) is 0 Å². The summed E-state index contributed by atoms with van der Waals surface area (Å²) in [6.07, 6.45) is 4.19. The lowest BCUT2D eigenvalue weighted by molar-refractivity contribution is 0.914. The highest BCUT2D eigenvalue weighted by molar-refractivity contribution is 5.30. The van der Waals surface area contributed by atoms with Crippen LogP contribution in [-0.2, 0) is 25.7 Å². The zero-order chi connectivity index (χ0) is 17.1. The number of aromatic nitrogens is 4. The van der Waals surface area contributed by atoms with Gasteiger partial charge in [-0.05, 0) is 75.6 Å². The number of aryl methyl sites for hydroxylation is 6. The molecule has 0 saturated heterocycles. The van der Waals surface area contributed by atoms with Gasteiger partial charge in [-0.2, -0.15) is 10.2 Å². The Morgan fingerprint density at radius 2 is 1.17 bits per heavy atom. The van der Waals surface area contributed by atoms with Crippen molar-refractivity contribution < 1.29 is 0 Å². The molecule has 0 fully saturated rings. The molecule has 0 atom stereocenters. The Morgan fingerprint density at radius 1 is 0.708 bits per heavy atom. The molecule has 0 spiro atoms. The number of hydrogen-bond donors (Lipinski definition) is 2. The van der Waals surface area contributed by atoms with Gasteiger partial charge >= 0.3 is 0 Å². The van der Waals surface area contributed by atoms with Crippen molar-refractivity contribution in [1.29, 1.82) is 0 Å². The van der Waals surface area contributed by atoms with Gasteiger partial charge in [-0.3, -0.25) is 10.2 Å². The van der Waals surface area contributed by atoms with Crippen molar-refractivity contribution in [3.63, 3.8) is 0 Å². The maximum Gasteiger partial charge on any atom is 0.0626 e. The second-order valence-corrected chi connectivity index (χ2v) is 6.65. The second-order valence-electron chi connectivity index (χ2n) is 6.65. The molecule has 0 aliphatic heterocycles. The van der Waals surface area contributed by atoms with Crippen LogP contribution < -0.4 is 0 Å². The van der Waals surface area contributed by atoms with Crippen LogP contribution >= 0.6 is 0 Å². The van der Waals surface area contributed by atoms with Crippen LogP contribution in [0.3, 0.4) is 0 Å². The number of rotatable bonds is 6. The minimum absolute atomic E-state index is 1.04. The zero-order valence-electron chi connectivity index (χ0n) is 15.0. The van der Waals surface area contributed by atoms with Crippen LogP contribution in [0.15, 0.2) is 24.3 Å². The van der Waals surface area contributed by atoms with Gasteiger partial charge in [-0.1, -0.05) is 24.3 Å². The van der Waals surface area contributed by atoms with Crippen LogP contribution in [0.5, 0.6) is 0 Å². The van der Waals surface area contributed by atoms with Gasteiger partial charge in [0.2, 0.25) is 0 Å². The molecule has 1 aromatic carbocycles. The van der Waals surface area contributed by atoms with E-state index < -0.39 is 0 Å². The molecule has 2 aromatic heterocycles. The van der Waals surface area contributed by atoms with Gasteiger partial charge in [0.1, 0.15) is 0 Å². The van der Waals surface area contributed by atoms with Crippen molar-refractivity contribution in [2.45, 2.75) is 53.4 Å². The van der Waals surface area contributed by atoms with Gasteiger partial charge < -0.3 is 0 Å². The Bertz CT molecular complexity index is 722. The van der Waals surface area contributed by atoms with Gasteiger partial charge in [-0.15, -0.1) is 0 Å². The van der Waals surface area contributed by atoms with Crippen LogP contribution in [0.2, 0.25) is 0 Å². The first-order valence-corrected chi connectivity index (χ1v) is 8.63. The van der Waals surface area contributed by atoms with E-state index in [1.165, 1.54) is 33.6 Å². The van der Waals surface area contributed by atoms with Gasteiger partial charge in [0.25, 0.3) is 0 Å². The van der Waals surface area contributed by atoms with Gasteiger partial charge in [0.15, 0.2) is 0 Å². The average Bonchev–Trinajstić information content (AvgIpc) is 3.06. The molecule has 3 rings (SSSR count).